The summed E-state index contributed by atoms with van der Waals surface area (Å²) < 4.78 is 19.1. The topological polar surface area (TPSA) is 37.9 Å². The van der Waals surface area contributed by atoms with E-state index >= 15 is 0 Å². The van der Waals surface area contributed by atoms with E-state index in [0.717, 1.165) is 11.3 Å². The first kappa shape index (κ1) is 12.7. The molecule has 0 fully saturated rings. The number of aromatic amines is 1. The van der Waals surface area contributed by atoms with Gasteiger partial charge in [0.15, 0.2) is 11.6 Å². The Hall–Kier alpha value is -2.33. The van der Waals surface area contributed by atoms with Crippen molar-refractivity contribution in [3.63, 3.8) is 0 Å². The zero-order chi connectivity index (χ0) is 13.9. The quantitative estimate of drug-likeness (QED) is 0.761. The minimum absolute atomic E-state index is 0.142. The van der Waals surface area contributed by atoms with Crippen molar-refractivity contribution in [1.29, 1.82) is 0 Å². The van der Waals surface area contributed by atoms with E-state index in [1.807, 2.05) is 18.2 Å². The maximum absolute atomic E-state index is 13.6. The van der Waals surface area contributed by atoms with E-state index in [1.165, 1.54) is 12.1 Å². The summed E-state index contributed by atoms with van der Waals surface area (Å²) in [5.41, 5.74) is 1.89. The van der Waals surface area contributed by atoms with Crippen LogP contribution in [-0.4, -0.2) is 10.2 Å². The Morgan fingerprint density at radius 1 is 1.05 bits per heavy atom. The van der Waals surface area contributed by atoms with Gasteiger partial charge in [-0.25, -0.2) is 4.39 Å². The maximum atomic E-state index is 13.6. The zero-order valence-corrected chi connectivity index (χ0v) is 11.1. The van der Waals surface area contributed by atoms with E-state index in [-0.39, 0.29) is 5.75 Å². The second-order valence-electron chi connectivity index (χ2n) is 4.17. The molecule has 0 saturated heterocycles. The van der Waals surface area contributed by atoms with Gasteiger partial charge in [0.05, 0.1) is 5.69 Å². The van der Waals surface area contributed by atoms with Crippen LogP contribution in [0.15, 0.2) is 54.7 Å². The zero-order valence-electron chi connectivity index (χ0n) is 10.3. The first-order valence-electron chi connectivity index (χ1n) is 5.95. The van der Waals surface area contributed by atoms with Gasteiger partial charge in [-0.1, -0.05) is 11.6 Å². The van der Waals surface area contributed by atoms with Crippen LogP contribution in [0.1, 0.15) is 0 Å². The van der Waals surface area contributed by atoms with E-state index in [1.54, 1.807) is 24.4 Å². The Balaban J connectivity index is 1.81. The average Bonchev–Trinajstić information content (AvgIpc) is 2.97. The number of H-pyrrole nitrogens is 1. The van der Waals surface area contributed by atoms with E-state index in [9.17, 15) is 4.39 Å². The molecule has 3 aromatic rings. The van der Waals surface area contributed by atoms with E-state index in [2.05, 4.69) is 10.2 Å². The van der Waals surface area contributed by atoms with Crippen LogP contribution in [0, 0.1) is 5.82 Å². The van der Waals surface area contributed by atoms with Crippen molar-refractivity contribution in [3.8, 4) is 22.8 Å². The molecule has 5 heteroatoms. The Bertz CT molecular complexity index is 711. The number of ether oxygens (including phenoxy) is 1. The number of nitrogens with zero attached hydrogens (tertiary/aromatic N) is 1. The largest absolute Gasteiger partial charge is 0.454 e. The van der Waals surface area contributed by atoms with Gasteiger partial charge in [-0.3, -0.25) is 5.10 Å². The fourth-order valence-corrected chi connectivity index (χ4v) is 1.96. The molecule has 2 aromatic carbocycles. The van der Waals surface area contributed by atoms with Gasteiger partial charge < -0.3 is 4.74 Å². The SMILES string of the molecule is Fc1cc(Cl)ccc1Oc1ccc(-c2ccn[nH]2)cc1. The lowest BCUT2D eigenvalue weighted by molar-refractivity contribution is 0.442. The van der Waals surface area contributed by atoms with Gasteiger partial charge in [-0.15, -0.1) is 0 Å². The third-order valence-electron chi connectivity index (χ3n) is 2.79. The molecular formula is C15H10ClFN2O. The highest BCUT2D eigenvalue weighted by molar-refractivity contribution is 6.30. The highest BCUT2D eigenvalue weighted by atomic mass is 35.5. The van der Waals surface area contributed by atoms with Crippen molar-refractivity contribution in [3.05, 3.63) is 65.6 Å². The fourth-order valence-electron chi connectivity index (χ4n) is 1.80. The molecule has 0 bridgehead atoms. The van der Waals surface area contributed by atoms with Crippen molar-refractivity contribution in [2.24, 2.45) is 0 Å². The Labute approximate surface area is 120 Å². The summed E-state index contributed by atoms with van der Waals surface area (Å²) in [6.07, 6.45) is 1.68. The smallest absolute Gasteiger partial charge is 0.167 e. The van der Waals surface area contributed by atoms with E-state index < -0.39 is 5.82 Å². The molecule has 0 unspecified atom stereocenters. The summed E-state index contributed by atoms with van der Waals surface area (Å²) in [6, 6.07) is 13.5. The fraction of sp³-hybridized carbons (Fsp3) is 0. The summed E-state index contributed by atoms with van der Waals surface area (Å²) in [4.78, 5) is 0. The summed E-state index contributed by atoms with van der Waals surface area (Å²) in [7, 11) is 0. The monoisotopic (exact) mass is 288 g/mol. The van der Waals surface area contributed by atoms with Gasteiger partial charge in [0.25, 0.3) is 0 Å². The van der Waals surface area contributed by atoms with Crippen LogP contribution in [0.2, 0.25) is 5.02 Å². The standard InChI is InChI=1S/C15H10ClFN2O/c16-11-3-6-15(13(17)9-11)20-12-4-1-10(2-5-12)14-7-8-18-19-14/h1-9H,(H,18,19). The minimum atomic E-state index is -0.491. The van der Waals surface area contributed by atoms with Gasteiger partial charge in [0.2, 0.25) is 0 Å². The molecule has 0 aliphatic carbocycles. The second kappa shape index (κ2) is 5.35. The third kappa shape index (κ3) is 2.65. The van der Waals surface area contributed by atoms with E-state index in [0.29, 0.717) is 10.8 Å². The van der Waals surface area contributed by atoms with Gasteiger partial charge >= 0.3 is 0 Å². The molecule has 3 rings (SSSR count). The third-order valence-corrected chi connectivity index (χ3v) is 3.02. The van der Waals surface area contributed by atoms with Gasteiger partial charge in [0, 0.05) is 11.2 Å². The van der Waals surface area contributed by atoms with Gasteiger partial charge in [-0.05, 0) is 54.1 Å². The van der Waals surface area contributed by atoms with Crippen molar-refractivity contribution in [2.45, 2.75) is 0 Å². The van der Waals surface area contributed by atoms with Crippen LogP contribution in [0.25, 0.3) is 11.3 Å². The molecule has 100 valence electrons. The lowest BCUT2D eigenvalue weighted by atomic mass is 10.1. The van der Waals surface area contributed by atoms with Crippen LogP contribution in [0.4, 0.5) is 4.39 Å². The van der Waals surface area contributed by atoms with Crippen LogP contribution < -0.4 is 4.74 Å². The number of aromatic nitrogens is 2. The Morgan fingerprint density at radius 3 is 2.50 bits per heavy atom. The number of hydrogen-bond donors (Lipinski definition) is 1. The van der Waals surface area contributed by atoms with Gasteiger partial charge in [0.1, 0.15) is 5.75 Å². The molecule has 20 heavy (non-hydrogen) atoms. The van der Waals surface area contributed by atoms with Crippen molar-refractivity contribution in [2.75, 3.05) is 0 Å². The lowest BCUT2D eigenvalue weighted by Crippen LogP contribution is -1.88. The van der Waals surface area contributed by atoms with Crippen molar-refractivity contribution < 1.29 is 9.13 Å². The number of rotatable bonds is 3. The molecule has 0 radical (unpaired) electrons. The predicted molar refractivity (Wildman–Crippen MR) is 75.5 cm³/mol. The molecule has 1 N–H and O–H groups in total. The molecule has 3 nitrogen and oxygen atoms in total. The predicted octanol–water partition coefficient (Wildman–Crippen LogP) is 4.66. The molecule has 0 spiro atoms. The average molecular weight is 289 g/mol. The first-order chi connectivity index (χ1) is 9.72. The van der Waals surface area contributed by atoms with E-state index in [4.69, 9.17) is 16.3 Å². The van der Waals surface area contributed by atoms with Crippen molar-refractivity contribution >= 4 is 11.6 Å². The summed E-state index contributed by atoms with van der Waals surface area (Å²) in [6.45, 7) is 0. The molecule has 0 saturated carbocycles. The molecular weight excluding hydrogens is 279 g/mol. The number of halogens is 2. The van der Waals surface area contributed by atoms with Crippen LogP contribution >= 0.6 is 11.6 Å². The molecule has 1 aromatic heterocycles. The Morgan fingerprint density at radius 2 is 1.85 bits per heavy atom. The summed E-state index contributed by atoms with van der Waals surface area (Å²) in [5, 5.41) is 7.10. The van der Waals surface area contributed by atoms with Crippen LogP contribution in [-0.2, 0) is 0 Å². The highest BCUT2D eigenvalue weighted by Gasteiger charge is 2.06. The minimum Gasteiger partial charge on any atom is -0.454 e. The second-order valence-corrected chi connectivity index (χ2v) is 4.61. The normalized spacial score (nSPS) is 10.5. The Kier molecular flexibility index (Phi) is 3.39. The number of nitrogens with one attached hydrogen (secondary N) is 1. The molecule has 0 aliphatic rings. The van der Waals surface area contributed by atoms with Gasteiger partial charge in [-0.2, -0.15) is 5.10 Å². The molecule has 0 atom stereocenters. The highest BCUT2D eigenvalue weighted by Crippen LogP contribution is 2.28. The molecule has 1 heterocycles. The number of hydrogen-bond acceptors (Lipinski definition) is 2. The number of benzene rings is 2. The van der Waals surface area contributed by atoms with Crippen LogP contribution in [0.5, 0.6) is 11.5 Å². The molecule has 0 aliphatic heterocycles. The first-order valence-corrected chi connectivity index (χ1v) is 6.33. The maximum Gasteiger partial charge on any atom is 0.167 e. The van der Waals surface area contributed by atoms with Crippen LogP contribution in [0.3, 0.4) is 0 Å². The van der Waals surface area contributed by atoms with Crippen molar-refractivity contribution in [1.82, 2.24) is 10.2 Å². The molecule has 0 amide bonds. The lowest BCUT2D eigenvalue weighted by Gasteiger charge is -2.07. The summed E-state index contributed by atoms with van der Waals surface area (Å²) >= 11 is 5.69. The summed E-state index contributed by atoms with van der Waals surface area (Å²) in [5.74, 6) is 0.202.